The van der Waals surface area contributed by atoms with Gasteiger partial charge in [0.25, 0.3) is 0 Å². The molecule has 3 N–H and O–H groups in total. The summed E-state index contributed by atoms with van der Waals surface area (Å²) in [5.74, 6) is -0.0177. The van der Waals surface area contributed by atoms with Crippen LogP contribution < -0.4 is 20.7 Å². The first-order valence-corrected chi connectivity index (χ1v) is 7.76. The number of rotatable bonds is 9. The monoisotopic (exact) mass is 343 g/mol. The van der Waals surface area contributed by atoms with Crippen LogP contribution in [0.1, 0.15) is 13.8 Å². The van der Waals surface area contributed by atoms with Crippen molar-refractivity contribution in [2.75, 3.05) is 38.2 Å². The number of para-hydroxylation sites is 1. The van der Waals surface area contributed by atoms with Gasteiger partial charge in [-0.25, -0.2) is 4.79 Å². The molecular formula is C15H22ClN3O4. The molecule has 0 heterocycles. The van der Waals surface area contributed by atoms with E-state index in [1.54, 1.807) is 25.1 Å². The lowest BCUT2D eigenvalue weighted by Crippen LogP contribution is -2.41. The molecule has 0 bridgehead atoms. The summed E-state index contributed by atoms with van der Waals surface area (Å²) in [6.45, 7) is 5.42. The van der Waals surface area contributed by atoms with E-state index in [1.807, 2.05) is 6.92 Å². The van der Waals surface area contributed by atoms with Crippen LogP contribution in [0, 0.1) is 0 Å². The van der Waals surface area contributed by atoms with E-state index in [-0.39, 0.29) is 6.54 Å². The second kappa shape index (κ2) is 10.7. The largest absolute Gasteiger partial charge is 0.487 e. The Hall–Kier alpha value is -1.99. The van der Waals surface area contributed by atoms with Gasteiger partial charge in [0.15, 0.2) is 5.75 Å². The number of hydrogen-bond acceptors (Lipinski definition) is 5. The predicted molar refractivity (Wildman–Crippen MR) is 89.1 cm³/mol. The first kappa shape index (κ1) is 19.1. The molecule has 1 aromatic rings. The fourth-order valence-electron chi connectivity index (χ4n) is 1.69. The fourth-order valence-corrected chi connectivity index (χ4v) is 1.92. The van der Waals surface area contributed by atoms with Crippen molar-refractivity contribution in [1.29, 1.82) is 0 Å². The van der Waals surface area contributed by atoms with Gasteiger partial charge in [-0.1, -0.05) is 17.7 Å². The van der Waals surface area contributed by atoms with E-state index in [2.05, 4.69) is 16.0 Å². The minimum Gasteiger partial charge on any atom is -0.487 e. The van der Waals surface area contributed by atoms with Crippen LogP contribution >= 0.6 is 11.6 Å². The first-order chi connectivity index (χ1) is 11.1. The number of carbonyl (C=O) groups excluding carboxylic acids is 2. The van der Waals surface area contributed by atoms with E-state index in [9.17, 15) is 9.59 Å². The van der Waals surface area contributed by atoms with Crippen molar-refractivity contribution in [3.8, 4) is 5.75 Å². The third-order valence-corrected chi connectivity index (χ3v) is 2.97. The number of ether oxygens (including phenoxy) is 2. The van der Waals surface area contributed by atoms with Crippen molar-refractivity contribution in [2.45, 2.75) is 13.8 Å². The second-order valence-corrected chi connectivity index (χ2v) is 4.83. The number of anilines is 1. The Kier molecular flexibility index (Phi) is 8.86. The van der Waals surface area contributed by atoms with E-state index in [0.717, 1.165) is 0 Å². The van der Waals surface area contributed by atoms with Gasteiger partial charge in [-0.05, 0) is 26.0 Å². The summed E-state index contributed by atoms with van der Waals surface area (Å²) in [4.78, 5) is 22.9. The molecule has 0 saturated heterocycles. The highest BCUT2D eigenvalue weighted by molar-refractivity contribution is 6.32. The SMILES string of the molecule is CCNC(=O)NC(=O)CNc1cccc(Cl)c1OCCOCC. The molecular weight excluding hydrogens is 322 g/mol. The highest BCUT2D eigenvalue weighted by Gasteiger charge is 2.11. The molecule has 8 heteroatoms. The standard InChI is InChI=1S/C15H22ClN3O4/c1-3-17-15(21)19-13(20)10-18-12-7-5-6-11(16)14(12)23-9-8-22-4-2/h5-7,18H,3-4,8-10H2,1-2H3,(H2,17,19,20,21). The summed E-state index contributed by atoms with van der Waals surface area (Å²) in [6.07, 6.45) is 0. The molecule has 0 atom stereocenters. The van der Waals surface area contributed by atoms with Crippen LogP contribution in [0.25, 0.3) is 0 Å². The Bertz CT molecular complexity index is 525. The number of amides is 3. The highest BCUT2D eigenvalue weighted by atomic mass is 35.5. The summed E-state index contributed by atoms with van der Waals surface area (Å²) in [6, 6.07) is 4.64. The van der Waals surface area contributed by atoms with Gasteiger partial charge in [-0.3, -0.25) is 10.1 Å². The van der Waals surface area contributed by atoms with Gasteiger partial charge in [0.2, 0.25) is 5.91 Å². The van der Waals surface area contributed by atoms with Gasteiger partial charge in [-0.2, -0.15) is 0 Å². The van der Waals surface area contributed by atoms with Gasteiger partial charge in [-0.15, -0.1) is 0 Å². The van der Waals surface area contributed by atoms with E-state index in [4.69, 9.17) is 21.1 Å². The Morgan fingerprint density at radius 3 is 2.70 bits per heavy atom. The zero-order valence-corrected chi connectivity index (χ0v) is 14.0. The number of carbonyl (C=O) groups is 2. The van der Waals surface area contributed by atoms with Crippen molar-refractivity contribution in [1.82, 2.24) is 10.6 Å². The number of urea groups is 1. The molecule has 7 nitrogen and oxygen atoms in total. The smallest absolute Gasteiger partial charge is 0.321 e. The van der Waals surface area contributed by atoms with Crippen LogP contribution in [0.4, 0.5) is 10.5 Å². The second-order valence-electron chi connectivity index (χ2n) is 4.42. The maximum atomic E-state index is 11.7. The topological polar surface area (TPSA) is 88.7 Å². The number of nitrogens with one attached hydrogen (secondary N) is 3. The maximum Gasteiger partial charge on any atom is 0.321 e. The molecule has 3 amide bonds. The van der Waals surface area contributed by atoms with Crippen LogP contribution in [0.2, 0.25) is 5.02 Å². The van der Waals surface area contributed by atoms with Crippen molar-refractivity contribution >= 4 is 29.2 Å². The molecule has 0 aromatic heterocycles. The summed E-state index contributed by atoms with van der Waals surface area (Å²) >= 11 is 6.11. The Balaban J connectivity index is 2.56. The maximum absolute atomic E-state index is 11.7. The third-order valence-electron chi connectivity index (χ3n) is 2.67. The zero-order valence-electron chi connectivity index (χ0n) is 13.3. The molecule has 0 aliphatic rings. The molecule has 1 aromatic carbocycles. The van der Waals surface area contributed by atoms with Crippen LogP contribution in [-0.2, 0) is 9.53 Å². The minimum atomic E-state index is -0.529. The average Bonchev–Trinajstić information content (AvgIpc) is 2.51. The summed E-state index contributed by atoms with van der Waals surface area (Å²) in [5.41, 5.74) is 0.569. The minimum absolute atomic E-state index is 0.0840. The summed E-state index contributed by atoms with van der Waals surface area (Å²) in [5, 5.41) is 8.00. The zero-order chi connectivity index (χ0) is 17.1. The van der Waals surface area contributed by atoms with Gasteiger partial charge in [0, 0.05) is 13.2 Å². The molecule has 0 radical (unpaired) electrons. The van der Waals surface area contributed by atoms with Crippen LogP contribution in [0.5, 0.6) is 5.75 Å². The fraction of sp³-hybridized carbons (Fsp3) is 0.467. The molecule has 0 fully saturated rings. The molecule has 0 aliphatic heterocycles. The molecule has 1 rings (SSSR count). The molecule has 0 unspecified atom stereocenters. The number of halogens is 1. The third kappa shape index (κ3) is 7.21. The molecule has 0 aliphatic carbocycles. The van der Waals surface area contributed by atoms with Gasteiger partial charge >= 0.3 is 6.03 Å². The van der Waals surface area contributed by atoms with E-state index in [1.165, 1.54) is 0 Å². The summed E-state index contributed by atoms with van der Waals surface area (Å²) < 4.78 is 10.8. The first-order valence-electron chi connectivity index (χ1n) is 7.39. The van der Waals surface area contributed by atoms with Crippen LogP contribution in [0.3, 0.4) is 0 Å². The Labute approximate surface area is 140 Å². The van der Waals surface area contributed by atoms with Crippen LogP contribution in [0.15, 0.2) is 18.2 Å². The number of imide groups is 1. The van der Waals surface area contributed by atoms with Gasteiger partial charge < -0.3 is 20.1 Å². The molecule has 23 heavy (non-hydrogen) atoms. The lowest BCUT2D eigenvalue weighted by molar-refractivity contribution is -0.118. The van der Waals surface area contributed by atoms with Gasteiger partial charge in [0.05, 0.1) is 23.9 Å². The molecule has 0 spiro atoms. The lowest BCUT2D eigenvalue weighted by Gasteiger charge is -2.14. The van der Waals surface area contributed by atoms with E-state index >= 15 is 0 Å². The molecule has 0 saturated carbocycles. The van der Waals surface area contributed by atoms with E-state index < -0.39 is 11.9 Å². The van der Waals surface area contributed by atoms with Crippen LogP contribution in [-0.4, -0.2) is 44.8 Å². The van der Waals surface area contributed by atoms with Crippen molar-refractivity contribution < 1.29 is 19.1 Å². The Morgan fingerprint density at radius 1 is 1.22 bits per heavy atom. The van der Waals surface area contributed by atoms with Crippen molar-refractivity contribution in [3.05, 3.63) is 23.2 Å². The van der Waals surface area contributed by atoms with Gasteiger partial charge in [0.1, 0.15) is 6.61 Å². The number of hydrogen-bond donors (Lipinski definition) is 3. The highest BCUT2D eigenvalue weighted by Crippen LogP contribution is 2.32. The molecule has 128 valence electrons. The lowest BCUT2D eigenvalue weighted by atomic mass is 10.3. The normalized spacial score (nSPS) is 10.0. The predicted octanol–water partition coefficient (Wildman–Crippen LogP) is 2.01. The Morgan fingerprint density at radius 2 is 2.00 bits per heavy atom. The van der Waals surface area contributed by atoms with Crippen molar-refractivity contribution in [3.63, 3.8) is 0 Å². The quantitative estimate of drug-likeness (QED) is 0.597. The number of benzene rings is 1. The van der Waals surface area contributed by atoms with Crippen molar-refractivity contribution in [2.24, 2.45) is 0 Å². The average molecular weight is 344 g/mol. The van der Waals surface area contributed by atoms with E-state index in [0.29, 0.717) is 42.8 Å². The summed E-state index contributed by atoms with van der Waals surface area (Å²) in [7, 11) is 0.